The van der Waals surface area contributed by atoms with Crippen LogP contribution in [0.1, 0.15) is 38.0 Å². The second-order valence-electron chi connectivity index (χ2n) is 8.02. The molecule has 0 aliphatic carbocycles. The predicted molar refractivity (Wildman–Crippen MR) is 109 cm³/mol. The summed E-state index contributed by atoms with van der Waals surface area (Å²) in [6.45, 7) is 11.9. The maximum Gasteiger partial charge on any atom is 0.213 e. The van der Waals surface area contributed by atoms with Gasteiger partial charge in [-0.1, -0.05) is 51.1 Å². The van der Waals surface area contributed by atoms with Crippen LogP contribution in [0.3, 0.4) is 0 Å². The van der Waals surface area contributed by atoms with Crippen LogP contribution in [-0.2, 0) is 18.5 Å². The topological polar surface area (TPSA) is 56.9 Å². The summed E-state index contributed by atoms with van der Waals surface area (Å²) < 4.78 is 5.86. The van der Waals surface area contributed by atoms with Gasteiger partial charge in [0.25, 0.3) is 0 Å². The van der Waals surface area contributed by atoms with E-state index in [4.69, 9.17) is 4.42 Å². The van der Waals surface area contributed by atoms with Gasteiger partial charge in [0.1, 0.15) is 5.76 Å². The molecule has 6 nitrogen and oxygen atoms in total. The monoisotopic (exact) mass is 369 g/mol. The van der Waals surface area contributed by atoms with E-state index in [9.17, 15) is 0 Å². The van der Waals surface area contributed by atoms with Crippen LogP contribution >= 0.6 is 0 Å². The number of nitrogens with zero attached hydrogens (tertiary/aromatic N) is 4. The van der Waals surface area contributed by atoms with Gasteiger partial charge in [-0.2, -0.15) is 0 Å². The van der Waals surface area contributed by atoms with Gasteiger partial charge in [0.15, 0.2) is 5.96 Å². The molecule has 2 aromatic rings. The van der Waals surface area contributed by atoms with Crippen molar-refractivity contribution in [1.82, 2.24) is 20.1 Å². The van der Waals surface area contributed by atoms with Crippen LogP contribution in [0, 0.1) is 0 Å². The lowest BCUT2D eigenvalue weighted by atomic mass is 9.94. The molecule has 1 aliphatic heterocycles. The minimum Gasteiger partial charge on any atom is -0.443 e. The van der Waals surface area contributed by atoms with Crippen LogP contribution in [0.5, 0.6) is 0 Å². The Hall–Kier alpha value is -2.34. The summed E-state index contributed by atoms with van der Waals surface area (Å²) in [5.74, 6) is 2.51. The van der Waals surface area contributed by atoms with Crippen LogP contribution in [0.2, 0.25) is 0 Å². The molecule has 146 valence electrons. The predicted octanol–water partition coefficient (Wildman–Crippen LogP) is 2.87. The zero-order valence-electron chi connectivity index (χ0n) is 16.9. The van der Waals surface area contributed by atoms with Crippen molar-refractivity contribution in [3.05, 3.63) is 53.7 Å². The molecule has 0 unspecified atom stereocenters. The highest BCUT2D eigenvalue weighted by molar-refractivity contribution is 5.79. The summed E-state index contributed by atoms with van der Waals surface area (Å²) in [4.78, 5) is 13.6. The fraction of sp³-hybridized carbons (Fsp3) is 0.524. The Morgan fingerprint density at radius 2 is 1.85 bits per heavy atom. The van der Waals surface area contributed by atoms with Gasteiger partial charge in [-0.3, -0.25) is 9.89 Å². The summed E-state index contributed by atoms with van der Waals surface area (Å²) in [7, 11) is 1.83. The molecule has 1 aromatic heterocycles. The van der Waals surface area contributed by atoms with E-state index in [0.29, 0.717) is 12.4 Å². The van der Waals surface area contributed by atoms with Gasteiger partial charge in [0, 0.05) is 45.2 Å². The Labute approximate surface area is 162 Å². The molecule has 0 amide bonds. The van der Waals surface area contributed by atoms with Crippen molar-refractivity contribution in [3.63, 3.8) is 0 Å². The maximum atomic E-state index is 5.86. The molecule has 1 aromatic carbocycles. The molecule has 27 heavy (non-hydrogen) atoms. The van der Waals surface area contributed by atoms with E-state index in [1.807, 2.05) is 13.2 Å². The highest BCUT2D eigenvalue weighted by Crippen LogP contribution is 2.22. The van der Waals surface area contributed by atoms with E-state index >= 15 is 0 Å². The van der Waals surface area contributed by atoms with Crippen LogP contribution in [0.4, 0.5) is 0 Å². The molecule has 0 saturated carbocycles. The Bertz CT molecular complexity index is 739. The molecule has 0 atom stereocenters. The third-order valence-corrected chi connectivity index (χ3v) is 4.82. The lowest BCUT2D eigenvalue weighted by Crippen LogP contribution is -2.52. The number of aliphatic imine (C=N–C) groups is 1. The van der Waals surface area contributed by atoms with Crippen LogP contribution in [0.25, 0.3) is 0 Å². The number of benzene rings is 1. The summed E-state index contributed by atoms with van der Waals surface area (Å²) in [5.41, 5.74) is 1.34. The van der Waals surface area contributed by atoms with E-state index in [1.54, 1.807) is 0 Å². The number of aromatic nitrogens is 1. The van der Waals surface area contributed by atoms with Gasteiger partial charge < -0.3 is 14.6 Å². The number of hydrogen-bond acceptors (Lipinski definition) is 4. The average Bonchev–Trinajstić information content (AvgIpc) is 3.14. The van der Waals surface area contributed by atoms with E-state index in [-0.39, 0.29) is 5.41 Å². The third-order valence-electron chi connectivity index (χ3n) is 4.82. The first-order valence-corrected chi connectivity index (χ1v) is 9.63. The molecule has 0 bridgehead atoms. The minimum absolute atomic E-state index is 0.0258. The van der Waals surface area contributed by atoms with Crippen molar-refractivity contribution >= 4 is 5.96 Å². The molecule has 3 rings (SSSR count). The third kappa shape index (κ3) is 5.32. The lowest BCUT2D eigenvalue weighted by Gasteiger charge is -2.36. The fourth-order valence-corrected chi connectivity index (χ4v) is 3.19. The molecule has 2 heterocycles. The van der Waals surface area contributed by atoms with E-state index in [0.717, 1.165) is 44.4 Å². The lowest BCUT2D eigenvalue weighted by molar-refractivity contribution is 0.172. The number of piperazine rings is 1. The molecule has 6 heteroatoms. The first kappa shape index (κ1) is 19.4. The molecule has 0 spiro atoms. The van der Waals surface area contributed by atoms with Crippen molar-refractivity contribution in [2.24, 2.45) is 4.99 Å². The Balaban J connectivity index is 1.48. The van der Waals surface area contributed by atoms with Crippen LogP contribution in [0.15, 0.2) is 45.9 Å². The highest BCUT2D eigenvalue weighted by atomic mass is 16.4. The number of nitrogens with one attached hydrogen (secondary N) is 1. The van der Waals surface area contributed by atoms with Crippen molar-refractivity contribution in [3.8, 4) is 0 Å². The molecule has 1 N–H and O–H groups in total. The van der Waals surface area contributed by atoms with Crippen molar-refractivity contribution in [2.75, 3.05) is 33.2 Å². The van der Waals surface area contributed by atoms with E-state index in [2.05, 4.69) is 76.2 Å². The molecule has 1 saturated heterocycles. The normalized spacial score (nSPS) is 16.6. The Morgan fingerprint density at radius 3 is 2.44 bits per heavy atom. The maximum absolute atomic E-state index is 5.86. The summed E-state index contributed by atoms with van der Waals surface area (Å²) in [5, 5.41) is 3.39. The van der Waals surface area contributed by atoms with Crippen molar-refractivity contribution < 1.29 is 4.42 Å². The quantitative estimate of drug-likeness (QED) is 0.663. The van der Waals surface area contributed by atoms with Gasteiger partial charge in [0.2, 0.25) is 5.89 Å². The van der Waals surface area contributed by atoms with Crippen LogP contribution in [-0.4, -0.2) is 54.0 Å². The van der Waals surface area contributed by atoms with Crippen molar-refractivity contribution in [2.45, 2.75) is 39.3 Å². The van der Waals surface area contributed by atoms with Gasteiger partial charge in [0.05, 0.1) is 12.7 Å². The molecular formula is C21H31N5O. The van der Waals surface area contributed by atoms with Crippen molar-refractivity contribution in [1.29, 1.82) is 0 Å². The summed E-state index contributed by atoms with van der Waals surface area (Å²) in [6.07, 6.45) is 1.82. The standard InChI is InChI=1S/C21H31N5O/c1-21(2,3)18-14-23-19(27-18)15-24-20(22-4)26-12-10-25(11-13-26)16-17-8-6-5-7-9-17/h5-9,14H,10-13,15-16H2,1-4H3,(H,22,24). The zero-order valence-corrected chi connectivity index (χ0v) is 16.9. The van der Waals surface area contributed by atoms with Crippen LogP contribution < -0.4 is 5.32 Å². The second-order valence-corrected chi connectivity index (χ2v) is 8.02. The average molecular weight is 370 g/mol. The Kier molecular flexibility index (Phi) is 6.16. The number of oxazole rings is 1. The smallest absolute Gasteiger partial charge is 0.213 e. The summed E-state index contributed by atoms with van der Waals surface area (Å²) >= 11 is 0. The first-order chi connectivity index (χ1) is 13.0. The molecule has 1 fully saturated rings. The number of guanidine groups is 1. The van der Waals surface area contributed by atoms with Gasteiger partial charge in [-0.25, -0.2) is 4.98 Å². The number of rotatable bonds is 4. The first-order valence-electron chi connectivity index (χ1n) is 9.63. The van der Waals surface area contributed by atoms with E-state index < -0.39 is 0 Å². The second kappa shape index (κ2) is 8.57. The Morgan fingerprint density at radius 1 is 1.15 bits per heavy atom. The number of hydrogen-bond donors (Lipinski definition) is 1. The molecular weight excluding hydrogens is 338 g/mol. The minimum atomic E-state index is -0.0258. The highest BCUT2D eigenvalue weighted by Gasteiger charge is 2.21. The van der Waals surface area contributed by atoms with E-state index in [1.165, 1.54) is 5.56 Å². The summed E-state index contributed by atoms with van der Waals surface area (Å²) in [6, 6.07) is 10.6. The largest absolute Gasteiger partial charge is 0.443 e. The van der Waals surface area contributed by atoms with Gasteiger partial charge >= 0.3 is 0 Å². The van der Waals surface area contributed by atoms with Gasteiger partial charge in [-0.15, -0.1) is 0 Å². The SMILES string of the molecule is CN=C(NCc1ncc(C(C)(C)C)o1)N1CCN(Cc2ccccc2)CC1. The zero-order chi connectivity index (χ0) is 19.3. The molecule has 0 radical (unpaired) electrons. The fourth-order valence-electron chi connectivity index (χ4n) is 3.19. The molecule has 1 aliphatic rings. The van der Waals surface area contributed by atoms with Gasteiger partial charge in [-0.05, 0) is 5.56 Å².